The molecule has 0 aliphatic heterocycles. The van der Waals surface area contributed by atoms with E-state index in [9.17, 15) is 23.1 Å². The molecule has 0 fully saturated rings. The summed E-state index contributed by atoms with van der Waals surface area (Å²) in [5.74, 6) is -0.841. The first-order valence-electron chi connectivity index (χ1n) is 5.83. The number of carbonyl (C=O) groups is 1. The average molecular weight is 275 g/mol. The van der Waals surface area contributed by atoms with E-state index in [1.807, 2.05) is 0 Å². The molecular formula is C13H16F3NO2. The summed E-state index contributed by atoms with van der Waals surface area (Å²) in [5, 5.41) is 11.6. The van der Waals surface area contributed by atoms with Gasteiger partial charge in [-0.2, -0.15) is 13.2 Å². The zero-order valence-corrected chi connectivity index (χ0v) is 10.7. The molecule has 0 heterocycles. The summed E-state index contributed by atoms with van der Waals surface area (Å²) in [4.78, 5) is 11.9. The highest BCUT2D eigenvalue weighted by Gasteiger charge is 2.36. The van der Waals surface area contributed by atoms with Crippen molar-refractivity contribution < 1.29 is 23.1 Å². The number of nitrogens with one attached hydrogen (secondary N) is 1. The Kier molecular flexibility index (Phi) is 4.57. The van der Waals surface area contributed by atoms with E-state index in [1.54, 1.807) is 13.8 Å². The van der Waals surface area contributed by atoms with E-state index in [1.165, 1.54) is 12.1 Å². The predicted octanol–water partition coefficient (Wildman–Crippen LogP) is 2.60. The Morgan fingerprint density at radius 2 is 1.89 bits per heavy atom. The fourth-order valence-corrected chi connectivity index (χ4v) is 1.51. The Hall–Kier alpha value is -1.56. The van der Waals surface area contributed by atoms with Crippen molar-refractivity contribution in [2.45, 2.75) is 32.0 Å². The fourth-order valence-electron chi connectivity index (χ4n) is 1.51. The number of halogens is 3. The second kappa shape index (κ2) is 5.61. The smallest absolute Gasteiger partial charge is 0.394 e. The molecular weight excluding hydrogens is 259 g/mol. The first-order valence-corrected chi connectivity index (χ1v) is 5.83. The lowest BCUT2D eigenvalue weighted by Gasteiger charge is -2.27. The molecule has 2 N–H and O–H groups in total. The van der Waals surface area contributed by atoms with E-state index >= 15 is 0 Å². The van der Waals surface area contributed by atoms with E-state index in [4.69, 9.17) is 0 Å². The van der Waals surface area contributed by atoms with Gasteiger partial charge in [-0.3, -0.25) is 4.79 Å². The van der Waals surface area contributed by atoms with Gasteiger partial charge in [0.25, 0.3) is 5.91 Å². The highest BCUT2D eigenvalue weighted by atomic mass is 19.4. The molecule has 0 radical (unpaired) electrons. The van der Waals surface area contributed by atoms with Crippen LogP contribution in [0.2, 0.25) is 0 Å². The molecule has 0 bridgehead atoms. The van der Waals surface area contributed by atoms with Crippen LogP contribution in [0.15, 0.2) is 24.3 Å². The summed E-state index contributed by atoms with van der Waals surface area (Å²) in [6, 6.07) is 4.57. The molecule has 1 aromatic carbocycles. The number of aliphatic hydroxyl groups is 1. The van der Waals surface area contributed by atoms with Gasteiger partial charge in [0.15, 0.2) is 0 Å². The van der Waals surface area contributed by atoms with Gasteiger partial charge in [-0.1, -0.05) is 19.1 Å². The van der Waals surface area contributed by atoms with Gasteiger partial charge in [0.2, 0.25) is 0 Å². The first-order chi connectivity index (χ1) is 8.73. The fraction of sp³-hybridized carbons (Fsp3) is 0.462. The van der Waals surface area contributed by atoms with Crippen LogP contribution in [0.5, 0.6) is 0 Å². The van der Waals surface area contributed by atoms with Crippen LogP contribution in [0.4, 0.5) is 13.2 Å². The maximum Gasteiger partial charge on any atom is 0.417 e. The number of hydrogen-bond donors (Lipinski definition) is 2. The predicted molar refractivity (Wildman–Crippen MR) is 64.7 cm³/mol. The molecule has 0 aliphatic rings. The largest absolute Gasteiger partial charge is 0.417 e. The molecule has 1 aromatic rings. The molecule has 106 valence electrons. The van der Waals surface area contributed by atoms with E-state index in [0.717, 1.165) is 12.1 Å². The second-order valence-corrected chi connectivity index (χ2v) is 4.57. The minimum absolute atomic E-state index is 0.344. The van der Waals surface area contributed by atoms with E-state index in [2.05, 4.69) is 5.32 Å². The van der Waals surface area contributed by atoms with Gasteiger partial charge in [-0.15, -0.1) is 0 Å². The lowest BCUT2D eigenvalue weighted by Crippen LogP contribution is -2.48. The Balaban J connectivity index is 3.08. The number of amides is 1. The van der Waals surface area contributed by atoms with Crippen molar-refractivity contribution in [3.63, 3.8) is 0 Å². The maximum absolute atomic E-state index is 12.8. The van der Waals surface area contributed by atoms with Crippen LogP contribution in [0.1, 0.15) is 36.2 Å². The van der Waals surface area contributed by atoms with Crippen molar-refractivity contribution in [3.05, 3.63) is 35.4 Å². The monoisotopic (exact) mass is 275 g/mol. The molecule has 6 heteroatoms. The normalized spacial score (nSPS) is 14.8. The highest BCUT2D eigenvalue weighted by Crippen LogP contribution is 2.32. The zero-order chi connectivity index (χ0) is 14.7. The third-order valence-electron chi connectivity index (χ3n) is 3.02. The molecule has 19 heavy (non-hydrogen) atoms. The molecule has 0 aromatic heterocycles. The highest BCUT2D eigenvalue weighted by molar-refractivity contribution is 5.96. The van der Waals surface area contributed by atoms with Crippen molar-refractivity contribution in [3.8, 4) is 0 Å². The summed E-state index contributed by atoms with van der Waals surface area (Å²) in [6.07, 6.45) is -4.18. The lowest BCUT2D eigenvalue weighted by atomic mass is 9.98. The zero-order valence-electron chi connectivity index (χ0n) is 10.7. The second-order valence-electron chi connectivity index (χ2n) is 4.57. The van der Waals surface area contributed by atoms with Gasteiger partial charge < -0.3 is 10.4 Å². The van der Waals surface area contributed by atoms with Crippen molar-refractivity contribution in [2.75, 3.05) is 6.61 Å². The number of carbonyl (C=O) groups excluding carboxylic acids is 1. The molecule has 1 atom stereocenters. The summed E-state index contributed by atoms with van der Waals surface area (Å²) in [5.41, 5.74) is -2.36. The van der Waals surface area contributed by atoms with E-state index in [-0.39, 0.29) is 6.61 Å². The Morgan fingerprint density at radius 3 is 2.37 bits per heavy atom. The van der Waals surface area contributed by atoms with Crippen LogP contribution >= 0.6 is 0 Å². The van der Waals surface area contributed by atoms with Crippen molar-refractivity contribution in [2.24, 2.45) is 0 Å². The summed E-state index contributed by atoms with van der Waals surface area (Å²) < 4.78 is 38.3. The number of hydrogen-bond acceptors (Lipinski definition) is 2. The van der Waals surface area contributed by atoms with Crippen LogP contribution in [-0.2, 0) is 6.18 Å². The molecule has 1 unspecified atom stereocenters. The number of alkyl halides is 3. The molecule has 3 nitrogen and oxygen atoms in total. The Morgan fingerprint density at radius 1 is 1.32 bits per heavy atom. The third kappa shape index (κ3) is 3.70. The van der Waals surface area contributed by atoms with Crippen molar-refractivity contribution >= 4 is 5.91 Å². The van der Waals surface area contributed by atoms with E-state index < -0.39 is 28.7 Å². The standard InChI is InChI=1S/C13H16F3NO2/c1-3-12(2,8-18)17-11(19)9-6-4-5-7-10(9)13(14,15)16/h4-7,18H,3,8H2,1-2H3,(H,17,19). The third-order valence-corrected chi connectivity index (χ3v) is 3.02. The van der Waals surface area contributed by atoms with Gasteiger partial charge in [0.1, 0.15) is 0 Å². The summed E-state index contributed by atoms with van der Waals surface area (Å²) in [6.45, 7) is 2.96. The molecule has 1 amide bonds. The summed E-state index contributed by atoms with van der Waals surface area (Å²) in [7, 11) is 0. The van der Waals surface area contributed by atoms with Gasteiger partial charge in [-0.25, -0.2) is 0 Å². The van der Waals surface area contributed by atoms with Crippen LogP contribution in [0, 0.1) is 0 Å². The van der Waals surface area contributed by atoms with Crippen molar-refractivity contribution in [1.82, 2.24) is 5.32 Å². The van der Waals surface area contributed by atoms with Gasteiger partial charge in [0, 0.05) is 0 Å². The molecule has 0 saturated carbocycles. The minimum atomic E-state index is -4.59. The molecule has 1 rings (SSSR count). The van der Waals surface area contributed by atoms with Crippen LogP contribution in [-0.4, -0.2) is 23.2 Å². The van der Waals surface area contributed by atoms with Crippen LogP contribution < -0.4 is 5.32 Å². The average Bonchev–Trinajstić information content (AvgIpc) is 2.37. The number of aliphatic hydroxyl groups excluding tert-OH is 1. The van der Waals surface area contributed by atoms with Crippen LogP contribution in [0.3, 0.4) is 0 Å². The van der Waals surface area contributed by atoms with Crippen molar-refractivity contribution in [1.29, 1.82) is 0 Å². The minimum Gasteiger partial charge on any atom is -0.394 e. The lowest BCUT2D eigenvalue weighted by molar-refractivity contribution is -0.137. The Bertz CT molecular complexity index is 453. The van der Waals surface area contributed by atoms with Crippen LogP contribution in [0.25, 0.3) is 0 Å². The SMILES string of the molecule is CCC(C)(CO)NC(=O)c1ccccc1C(F)(F)F. The van der Waals surface area contributed by atoms with Gasteiger partial charge in [0.05, 0.1) is 23.3 Å². The Labute approximate surface area is 109 Å². The first kappa shape index (κ1) is 15.5. The number of benzene rings is 1. The molecule has 0 saturated heterocycles. The maximum atomic E-state index is 12.8. The quantitative estimate of drug-likeness (QED) is 0.887. The van der Waals surface area contributed by atoms with Gasteiger partial charge >= 0.3 is 6.18 Å². The van der Waals surface area contributed by atoms with E-state index in [0.29, 0.717) is 6.42 Å². The number of rotatable bonds is 4. The van der Waals surface area contributed by atoms with Gasteiger partial charge in [-0.05, 0) is 25.5 Å². The molecule has 0 aliphatic carbocycles. The topological polar surface area (TPSA) is 49.3 Å². The summed E-state index contributed by atoms with van der Waals surface area (Å²) >= 11 is 0. The molecule has 0 spiro atoms.